The summed E-state index contributed by atoms with van der Waals surface area (Å²) in [5, 5.41) is 2.72. The zero-order valence-corrected chi connectivity index (χ0v) is 15.6. The lowest BCUT2D eigenvalue weighted by atomic mass is 10.0. The van der Waals surface area contributed by atoms with Crippen molar-refractivity contribution in [2.75, 3.05) is 23.3 Å². The number of rotatable bonds is 4. The van der Waals surface area contributed by atoms with E-state index in [0.717, 1.165) is 25.9 Å². The smallest absolute Gasteiger partial charge is 0.282 e. The first-order valence-electron chi connectivity index (χ1n) is 9.37. The highest BCUT2D eigenvalue weighted by atomic mass is 16.2. The third-order valence-corrected chi connectivity index (χ3v) is 4.99. The van der Waals surface area contributed by atoms with Crippen LogP contribution in [0.15, 0.2) is 60.3 Å². The lowest BCUT2D eigenvalue weighted by Crippen LogP contribution is -2.34. The maximum atomic E-state index is 13.3. The quantitative estimate of drug-likeness (QED) is 0.834. The van der Waals surface area contributed by atoms with Crippen LogP contribution in [0.1, 0.15) is 25.3 Å². The highest BCUT2D eigenvalue weighted by Crippen LogP contribution is 2.36. The Morgan fingerprint density at radius 1 is 0.893 bits per heavy atom. The highest BCUT2D eigenvalue weighted by Gasteiger charge is 2.42. The summed E-state index contributed by atoms with van der Waals surface area (Å²) >= 11 is 0. The van der Waals surface area contributed by atoms with Gasteiger partial charge in [-0.25, -0.2) is 4.90 Å². The normalized spacial score (nSPS) is 16.9. The van der Waals surface area contributed by atoms with Crippen LogP contribution in [-0.4, -0.2) is 35.7 Å². The van der Waals surface area contributed by atoms with Crippen LogP contribution in [-0.2, 0) is 14.4 Å². The maximum Gasteiger partial charge on any atom is 0.282 e. The van der Waals surface area contributed by atoms with Crippen LogP contribution in [0.4, 0.5) is 11.4 Å². The molecule has 2 aromatic rings. The van der Waals surface area contributed by atoms with Gasteiger partial charge >= 0.3 is 0 Å². The number of hydrogen-bond acceptors (Lipinski definition) is 4. The minimum atomic E-state index is -0.314. The molecule has 28 heavy (non-hydrogen) atoms. The van der Waals surface area contributed by atoms with Crippen LogP contribution >= 0.6 is 0 Å². The lowest BCUT2D eigenvalue weighted by molar-refractivity contribution is -0.120. The number of para-hydroxylation sites is 1. The Bertz CT molecular complexity index is 958. The van der Waals surface area contributed by atoms with Crippen molar-refractivity contribution < 1.29 is 14.4 Å². The van der Waals surface area contributed by atoms with Gasteiger partial charge < -0.3 is 10.2 Å². The van der Waals surface area contributed by atoms with E-state index in [1.807, 2.05) is 23.1 Å². The molecule has 1 fully saturated rings. The summed E-state index contributed by atoms with van der Waals surface area (Å²) in [5.74, 6) is -0.753. The van der Waals surface area contributed by atoms with E-state index < -0.39 is 0 Å². The van der Waals surface area contributed by atoms with Gasteiger partial charge in [-0.1, -0.05) is 30.3 Å². The minimum absolute atomic E-state index is 0.160. The van der Waals surface area contributed by atoms with E-state index in [-0.39, 0.29) is 17.7 Å². The molecule has 2 aliphatic heterocycles. The molecule has 0 unspecified atom stereocenters. The topological polar surface area (TPSA) is 69.7 Å². The standard InChI is InChI=1S/C22H21N3O3/c1-15(26)23-17-11-9-16(10-12-17)19-20(24-13-5-6-14-24)22(28)25(21(19)27)18-7-3-2-4-8-18/h2-4,7-12H,5-6,13-14H2,1H3,(H,23,26). The molecule has 6 nitrogen and oxygen atoms in total. The van der Waals surface area contributed by atoms with Crippen LogP contribution in [0.2, 0.25) is 0 Å². The molecule has 2 aliphatic rings. The van der Waals surface area contributed by atoms with E-state index in [0.29, 0.717) is 28.2 Å². The SMILES string of the molecule is CC(=O)Nc1ccc(C2=C(N3CCCC3)C(=O)N(c3ccccc3)C2=O)cc1. The predicted molar refractivity (Wildman–Crippen MR) is 107 cm³/mol. The third-order valence-electron chi connectivity index (χ3n) is 4.99. The van der Waals surface area contributed by atoms with Crippen molar-refractivity contribution in [2.45, 2.75) is 19.8 Å². The zero-order chi connectivity index (χ0) is 19.7. The average Bonchev–Trinajstić information content (AvgIpc) is 3.29. The Morgan fingerprint density at radius 2 is 1.54 bits per heavy atom. The second kappa shape index (κ2) is 7.31. The molecule has 0 aromatic heterocycles. The maximum absolute atomic E-state index is 13.3. The molecule has 0 radical (unpaired) electrons. The summed E-state index contributed by atoms with van der Waals surface area (Å²) in [7, 11) is 0. The Labute approximate surface area is 163 Å². The summed E-state index contributed by atoms with van der Waals surface area (Å²) in [6.07, 6.45) is 2.01. The van der Waals surface area contributed by atoms with E-state index >= 15 is 0 Å². The number of carbonyl (C=O) groups is 3. The molecule has 4 rings (SSSR count). The average molecular weight is 375 g/mol. The van der Waals surface area contributed by atoms with Gasteiger partial charge in [0.25, 0.3) is 11.8 Å². The van der Waals surface area contributed by atoms with Gasteiger partial charge in [0, 0.05) is 25.7 Å². The molecule has 0 aliphatic carbocycles. The van der Waals surface area contributed by atoms with E-state index in [9.17, 15) is 14.4 Å². The lowest BCUT2D eigenvalue weighted by Gasteiger charge is -2.20. The number of nitrogens with zero attached hydrogens (tertiary/aromatic N) is 2. The molecule has 1 N–H and O–H groups in total. The van der Waals surface area contributed by atoms with Crippen molar-refractivity contribution in [3.05, 3.63) is 65.9 Å². The Morgan fingerprint density at radius 3 is 2.14 bits per heavy atom. The summed E-state index contributed by atoms with van der Waals surface area (Å²) < 4.78 is 0. The fraction of sp³-hybridized carbons (Fsp3) is 0.227. The van der Waals surface area contributed by atoms with E-state index in [2.05, 4.69) is 5.32 Å². The van der Waals surface area contributed by atoms with E-state index in [4.69, 9.17) is 0 Å². The molecule has 2 aromatic carbocycles. The second-order valence-electron chi connectivity index (χ2n) is 6.96. The molecule has 0 spiro atoms. The molecule has 142 valence electrons. The van der Waals surface area contributed by atoms with Gasteiger partial charge in [0.05, 0.1) is 11.3 Å². The molecule has 0 atom stereocenters. The second-order valence-corrected chi connectivity index (χ2v) is 6.96. The summed E-state index contributed by atoms with van der Waals surface area (Å²) in [4.78, 5) is 41.1. The molecule has 0 bridgehead atoms. The van der Waals surface area contributed by atoms with Gasteiger partial charge in [-0.3, -0.25) is 14.4 Å². The van der Waals surface area contributed by atoms with Gasteiger partial charge in [0.1, 0.15) is 5.70 Å². The molecular formula is C22H21N3O3. The molecule has 0 saturated carbocycles. The van der Waals surface area contributed by atoms with Gasteiger partial charge in [-0.2, -0.15) is 0 Å². The number of imide groups is 1. The number of likely N-dealkylation sites (tertiary alicyclic amines) is 1. The van der Waals surface area contributed by atoms with Crippen LogP contribution in [0.3, 0.4) is 0 Å². The number of benzene rings is 2. The molecule has 3 amide bonds. The largest absolute Gasteiger partial charge is 0.366 e. The molecule has 6 heteroatoms. The fourth-order valence-electron chi connectivity index (χ4n) is 3.75. The van der Waals surface area contributed by atoms with Crippen LogP contribution < -0.4 is 10.2 Å². The molecule has 2 heterocycles. The predicted octanol–water partition coefficient (Wildman–Crippen LogP) is 3.03. The van der Waals surface area contributed by atoms with Crippen LogP contribution in [0, 0.1) is 0 Å². The highest BCUT2D eigenvalue weighted by molar-refractivity contribution is 6.45. The third kappa shape index (κ3) is 3.17. The van der Waals surface area contributed by atoms with Gasteiger partial charge in [-0.05, 0) is 42.7 Å². The summed E-state index contributed by atoms with van der Waals surface area (Å²) in [5.41, 5.74) is 2.78. The summed E-state index contributed by atoms with van der Waals surface area (Å²) in [6, 6.07) is 16.0. The van der Waals surface area contributed by atoms with Crippen molar-refractivity contribution in [3.63, 3.8) is 0 Å². The van der Waals surface area contributed by atoms with Crippen molar-refractivity contribution in [2.24, 2.45) is 0 Å². The van der Waals surface area contributed by atoms with Crippen LogP contribution in [0.5, 0.6) is 0 Å². The minimum Gasteiger partial charge on any atom is -0.366 e. The first-order valence-corrected chi connectivity index (χ1v) is 9.37. The Hall–Kier alpha value is -3.41. The number of anilines is 2. The first kappa shape index (κ1) is 18.0. The van der Waals surface area contributed by atoms with E-state index in [1.165, 1.54) is 11.8 Å². The van der Waals surface area contributed by atoms with Gasteiger partial charge in [-0.15, -0.1) is 0 Å². The van der Waals surface area contributed by atoms with Crippen LogP contribution in [0.25, 0.3) is 5.57 Å². The summed E-state index contributed by atoms with van der Waals surface area (Å²) in [6.45, 7) is 2.98. The Kier molecular flexibility index (Phi) is 4.69. The number of hydrogen-bond donors (Lipinski definition) is 1. The van der Waals surface area contributed by atoms with Crippen molar-refractivity contribution in [1.29, 1.82) is 0 Å². The van der Waals surface area contributed by atoms with Crippen molar-refractivity contribution in [3.8, 4) is 0 Å². The first-order chi connectivity index (χ1) is 13.6. The number of nitrogens with one attached hydrogen (secondary N) is 1. The number of carbonyl (C=O) groups excluding carboxylic acids is 3. The molecule has 1 saturated heterocycles. The fourth-order valence-corrected chi connectivity index (χ4v) is 3.75. The van der Waals surface area contributed by atoms with Gasteiger partial charge in [0.2, 0.25) is 5.91 Å². The van der Waals surface area contributed by atoms with Crippen molar-refractivity contribution in [1.82, 2.24) is 4.90 Å². The monoisotopic (exact) mass is 375 g/mol. The Balaban J connectivity index is 1.77. The van der Waals surface area contributed by atoms with E-state index in [1.54, 1.807) is 36.4 Å². The van der Waals surface area contributed by atoms with Crippen molar-refractivity contribution >= 4 is 34.7 Å². The molecular weight excluding hydrogens is 354 g/mol. The number of amides is 3. The zero-order valence-electron chi connectivity index (χ0n) is 15.6. The van der Waals surface area contributed by atoms with Gasteiger partial charge in [0.15, 0.2) is 0 Å².